The van der Waals surface area contributed by atoms with Crippen molar-refractivity contribution in [1.82, 2.24) is 24.8 Å². The van der Waals surface area contributed by atoms with Gasteiger partial charge in [-0.3, -0.25) is 4.90 Å². The molecule has 0 aliphatic carbocycles. The highest BCUT2D eigenvalue weighted by molar-refractivity contribution is 7.23. The monoisotopic (exact) mass is 691 g/mol. The molecule has 2 fully saturated rings. The number of ether oxygens (including phenoxy) is 2. The first-order valence-corrected chi connectivity index (χ1v) is 16.4. The Labute approximate surface area is 282 Å². The van der Waals surface area contributed by atoms with Crippen molar-refractivity contribution in [3.63, 3.8) is 0 Å². The molecule has 1 aromatic carbocycles. The van der Waals surface area contributed by atoms with E-state index in [2.05, 4.69) is 24.8 Å². The molecule has 254 valence electrons. The molecule has 7 heterocycles. The van der Waals surface area contributed by atoms with Crippen LogP contribution in [0.25, 0.3) is 32.2 Å². The first kappa shape index (κ1) is 32.6. The number of pyridine rings is 2. The van der Waals surface area contributed by atoms with Crippen LogP contribution in [0.3, 0.4) is 0 Å². The summed E-state index contributed by atoms with van der Waals surface area (Å²) in [6.45, 7) is 1.77. The number of nitrogens with zero attached hydrogens (tertiary/aromatic N) is 7. The second-order valence-electron chi connectivity index (χ2n) is 12.2. The van der Waals surface area contributed by atoms with Gasteiger partial charge < -0.3 is 30.9 Å². The van der Waals surface area contributed by atoms with Crippen LogP contribution in [-0.2, 0) is 0 Å². The number of hydrogen-bond donors (Lipinski definition) is 3. The van der Waals surface area contributed by atoms with Crippen LogP contribution in [-0.4, -0.2) is 82.1 Å². The zero-order valence-electron chi connectivity index (χ0n) is 26.5. The summed E-state index contributed by atoms with van der Waals surface area (Å²) < 4.78 is 55.0. The van der Waals surface area contributed by atoms with E-state index in [0.717, 1.165) is 30.4 Å². The number of likely N-dealkylation sites (N-methyl/N-ethyl adjacent to an activating group) is 1. The molecule has 8 rings (SSSR count). The van der Waals surface area contributed by atoms with Crippen molar-refractivity contribution in [2.45, 2.75) is 43.6 Å². The summed E-state index contributed by atoms with van der Waals surface area (Å²) >= 11 is 0.889. The molecular formula is C33H32F3N9O3S. The molecule has 4 unspecified atom stereocenters. The average molecular weight is 692 g/mol. The second kappa shape index (κ2) is 12.8. The summed E-state index contributed by atoms with van der Waals surface area (Å²) in [5, 5.41) is 21.4. The van der Waals surface area contributed by atoms with Crippen molar-refractivity contribution in [1.29, 1.82) is 5.26 Å². The lowest BCUT2D eigenvalue weighted by atomic mass is 10.0. The minimum atomic E-state index is -1.10. The Bertz CT molecular complexity index is 2120. The van der Waals surface area contributed by atoms with Gasteiger partial charge in [0.2, 0.25) is 5.88 Å². The van der Waals surface area contributed by atoms with Crippen molar-refractivity contribution < 1.29 is 27.8 Å². The lowest BCUT2D eigenvalue weighted by Gasteiger charge is -2.31. The number of thiophene rings is 1. The maximum atomic E-state index is 16.3. The highest BCUT2D eigenvalue weighted by Gasteiger charge is 2.36. The van der Waals surface area contributed by atoms with Gasteiger partial charge in [-0.1, -0.05) is 0 Å². The number of methoxy groups -OCH3 is 1. The number of anilines is 3. The molecule has 3 aliphatic rings. The van der Waals surface area contributed by atoms with Crippen LogP contribution in [0.15, 0.2) is 30.5 Å². The van der Waals surface area contributed by atoms with Gasteiger partial charge in [0.1, 0.15) is 64.0 Å². The first-order valence-electron chi connectivity index (χ1n) is 15.6. The van der Waals surface area contributed by atoms with Gasteiger partial charge in [0, 0.05) is 36.8 Å². The molecule has 0 amide bonds. The van der Waals surface area contributed by atoms with Crippen molar-refractivity contribution in [2.75, 3.05) is 50.2 Å². The Morgan fingerprint density at radius 2 is 2.00 bits per heavy atom. The lowest BCUT2D eigenvalue weighted by molar-refractivity contribution is 0.114. The van der Waals surface area contributed by atoms with Gasteiger partial charge >= 0.3 is 6.01 Å². The van der Waals surface area contributed by atoms with E-state index in [9.17, 15) is 19.1 Å². The number of nitrogen functional groups attached to an aromatic ring is 2. The number of aromatic nitrogens is 4. The molecular weight excluding hydrogens is 659 g/mol. The summed E-state index contributed by atoms with van der Waals surface area (Å²) in [7, 11) is 3.01. The zero-order chi connectivity index (χ0) is 34.6. The molecule has 12 nitrogen and oxygen atoms in total. The highest BCUT2D eigenvalue weighted by Crippen LogP contribution is 2.45. The SMILES string of the molecule is COc1nc2c3c(nc(-c4ccc(F)c5sc(N)c(C#N)c45)c(F)c3n1)OCC(C(O)c1ccnc(N)c1)N2C.FC1CC2CCCN2C1. The summed E-state index contributed by atoms with van der Waals surface area (Å²) in [6.07, 6.45) is 3.19. The van der Waals surface area contributed by atoms with E-state index < -0.39 is 30.0 Å². The van der Waals surface area contributed by atoms with E-state index in [-0.39, 0.29) is 72.9 Å². The number of aliphatic hydroxyl groups excluding tert-OH is 1. The topological polar surface area (TPSA) is 173 Å². The number of aliphatic hydroxyl groups is 1. The van der Waals surface area contributed by atoms with Crippen LogP contribution in [0.5, 0.6) is 11.9 Å². The van der Waals surface area contributed by atoms with Gasteiger partial charge in [0.05, 0.1) is 23.4 Å². The predicted octanol–water partition coefficient (Wildman–Crippen LogP) is 4.75. The Morgan fingerprint density at radius 3 is 2.73 bits per heavy atom. The minimum Gasteiger partial charge on any atom is -0.475 e. The number of nitrogens with two attached hydrogens (primary N) is 2. The van der Waals surface area contributed by atoms with Gasteiger partial charge in [-0.05, 0) is 55.6 Å². The minimum absolute atomic E-state index is 0.0148. The molecule has 5 aromatic rings. The molecule has 0 saturated carbocycles. The van der Waals surface area contributed by atoms with Crippen LogP contribution in [0, 0.1) is 23.0 Å². The normalized spacial score (nSPS) is 20.7. The van der Waals surface area contributed by atoms with E-state index in [4.69, 9.17) is 20.9 Å². The molecule has 5 N–H and O–H groups in total. The zero-order valence-corrected chi connectivity index (χ0v) is 27.3. The number of rotatable bonds is 4. The Balaban J connectivity index is 0.000000361. The van der Waals surface area contributed by atoms with Crippen LogP contribution in [0.1, 0.15) is 36.5 Å². The standard InChI is InChI=1S/C26H20F2N8O3S.C7H12FN/c1-36-14(21(37)10-5-6-32-15(30)7-10)9-39-25-17-20(34-26(38-2)35-24(17)36)18(28)19(33-25)11-3-4-13(27)22-16(11)12(8-29)23(31)40-22;8-6-4-7-2-1-3-9(7)5-6/h3-7,14,21,37H,9,31H2,1-2H3,(H2,30,32);6-7H,1-5H2. The summed E-state index contributed by atoms with van der Waals surface area (Å²) in [5.41, 5.74) is 12.0. The van der Waals surface area contributed by atoms with Crippen molar-refractivity contribution >= 4 is 49.0 Å². The first-order chi connectivity index (χ1) is 23.6. The number of hydrogen-bond acceptors (Lipinski definition) is 13. The van der Waals surface area contributed by atoms with E-state index in [1.54, 1.807) is 24.1 Å². The number of nitriles is 1. The second-order valence-corrected chi connectivity index (χ2v) is 13.2. The van der Waals surface area contributed by atoms with Crippen molar-refractivity contribution in [2.24, 2.45) is 0 Å². The summed E-state index contributed by atoms with van der Waals surface area (Å²) in [6, 6.07) is 7.39. The van der Waals surface area contributed by atoms with Gasteiger partial charge in [-0.2, -0.15) is 15.2 Å². The van der Waals surface area contributed by atoms with Crippen LogP contribution in [0.4, 0.5) is 29.8 Å². The fourth-order valence-electron chi connectivity index (χ4n) is 6.86. The summed E-state index contributed by atoms with van der Waals surface area (Å²) in [4.78, 5) is 21.0. The fraction of sp³-hybridized carbons (Fsp3) is 0.364. The molecule has 16 heteroatoms. The molecule has 2 saturated heterocycles. The Morgan fingerprint density at radius 1 is 1.18 bits per heavy atom. The molecule has 0 radical (unpaired) electrons. The van der Waals surface area contributed by atoms with E-state index in [1.807, 2.05) is 6.07 Å². The molecule has 4 aromatic heterocycles. The summed E-state index contributed by atoms with van der Waals surface area (Å²) in [5.74, 6) is -1.04. The smallest absolute Gasteiger partial charge is 0.318 e. The Kier molecular flexibility index (Phi) is 8.51. The third-order valence-corrected chi connectivity index (χ3v) is 10.3. The maximum Gasteiger partial charge on any atom is 0.318 e. The number of fused-ring (bicyclic) bond motifs is 2. The van der Waals surface area contributed by atoms with Crippen LogP contribution in [0.2, 0.25) is 0 Å². The molecule has 0 spiro atoms. The van der Waals surface area contributed by atoms with Gasteiger partial charge in [-0.25, -0.2) is 23.1 Å². The van der Waals surface area contributed by atoms with Crippen LogP contribution >= 0.6 is 11.3 Å². The number of benzene rings is 1. The van der Waals surface area contributed by atoms with Crippen molar-refractivity contribution in [3.8, 4) is 29.2 Å². The number of halogens is 3. The Hall–Kier alpha value is -4.98. The third kappa shape index (κ3) is 5.67. The third-order valence-electron chi connectivity index (χ3n) is 9.27. The molecule has 3 aliphatic heterocycles. The average Bonchev–Trinajstić information content (AvgIpc) is 3.76. The predicted molar refractivity (Wildman–Crippen MR) is 179 cm³/mol. The van der Waals surface area contributed by atoms with Crippen LogP contribution < -0.4 is 25.8 Å². The number of alkyl halides is 1. The largest absolute Gasteiger partial charge is 0.475 e. The van der Waals surface area contributed by atoms with Gasteiger partial charge in [0.25, 0.3) is 0 Å². The highest BCUT2D eigenvalue weighted by atomic mass is 32.1. The lowest BCUT2D eigenvalue weighted by Crippen LogP contribution is -2.41. The van der Waals surface area contributed by atoms with Crippen molar-refractivity contribution in [3.05, 3.63) is 53.2 Å². The van der Waals surface area contributed by atoms with Gasteiger partial charge in [0.15, 0.2) is 5.82 Å². The van der Waals surface area contributed by atoms with E-state index in [1.165, 1.54) is 32.2 Å². The maximum absolute atomic E-state index is 16.3. The van der Waals surface area contributed by atoms with Gasteiger partial charge in [-0.15, -0.1) is 11.3 Å². The van der Waals surface area contributed by atoms with E-state index in [0.29, 0.717) is 18.2 Å². The quantitative estimate of drug-likeness (QED) is 0.237. The molecule has 4 atom stereocenters. The molecule has 0 bridgehead atoms. The molecule has 49 heavy (non-hydrogen) atoms. The van der Waals surface area contributed by atoms with E-state index >= 15 is 4.39 Å². The fourth-order valence-corrected chi connectivity index (χ4v) is 7.81.